The predicted octanol–water partition coefficient (Wildman–Crippen LogP) is 3.22. The van der Waals surface area contributed by atoms with Crippen LogP contribution in [0.25, 0.3) is 0 Å². The van der Waals surface area contributed by atoms with Gasteiger partial charge < -0.3 is 5.32 Å². The highest BCUT2D eigenvalue weighted by molar-refractivity contribution is 7.13. The van der Waals surface area contributed by atoms with Gasteiger partial charge in [0.25, 0.3) is 5.91 Å². The van der Waals surface area contributed by atoms with Crippen LogP contribution in [0.2, 0.25) is 0 Å². The normalized spacial score (nSPS) is 13.7. The zero-order valence-corrected chi connectivity index (χ0v) is 10.9. The summed E-state index contributed by atoms with van der Waals surface area (Å²) in [5, 5.41) is 3.02. The van der Waals surface area contributed by atoms with Crippen molar-refractivity contribution in [2.75, 3.05) is 0 Å². The van der Waals surface area contributed by atoms with Crippen molar-refractivity contribution in [1.82, 2.24) is 5.32 Å². The van der Waals surface area contributed by atoms with E-state index in [1.165, 1.54) is 16.2 Å². The molecule has 1 N–H and O–H groups in total. The minimum atomic E-state index is 0.0375. The van der Waals surface area contributed by atoms with Crippen LogP contribution in [0.3, 0.4) is 0 Å². The first-order valence-electron chi connectivity index (χ1n) is 5.18. The van der Waals surface area contributed by atoms with Crippen LogP contribution >= 0.6 is 11.3 Å². The van der Waals surface area contributed by atoms with E-state index in [1.807, 2.05) is 26.0 Å². The smallest absolute Gasteiger partial charge is 0.261 e. The summed E-state index contributed by atoms with van der Waals surface area (Å²) in [4.78, 5) is 13.8. The molecule has 1 heterocycles. The van der Waals surface area contributed by atoms with E-state index in [9.17, 15) is 4.79 Å². The highest BCUT2D eigenvalue weighted by atomic mass is 32.1. The quantitative estimate of drug-likeness (QED) is 0.822. The predicted molar refractivity (Wildman–Crippen MR) is 65.4 cm³/mol. The molecule has 84 valence electrons. The van der Waals surface area contributed by atoms with Crippen molar-refractivity contribution in [2.45, 2.75) is 40.7 Å². The molecule has 0 unspecified atom stereocenters. The minimum absolute atomic E-state index is 0.0375. The molecule has 0 spiro atoms. The van der Waals surface area contributed by atoms with Gasteiger partial charge in [-0.2, -0.15) is 0 Å². The van der Waals surface area contributed by atoms with E-state index in [2.05, 4.69) is 26.1 Å². The number of hydrogen-bond acceptors (Lipinski definition) is 2. The Morgan fingerprint density at radius 1 is 1.40 bits per heavy atom. The maximum absolute atomic E-state index is 11.8. The molecule has 0 radical (unpaired) electrons. The van der Waals surface area contributed by atoms with Crippen molar-refractivity contribution in [3.63, 3.8) is 0 Å². The van der Waals surface area contributed by atoms with Crippen LogP contribution in [-0.2, 0) is 0 Å². The van der Waals surface area contributed by atoms with Crippen molar-refractivity contribution < 1.29 is 4.79 Å². The molecule has 0 saturated carbocycles. The Morgan fingerprint density at radius 3 is 2.40 bits per heavy atom. The summed E-state index contributed by atoms with van der Waals surface area (Å²) < 4.78 is 0. The van der Waals surface area contributed by atoms with Gasteiger partial charge in [-0.25, -0.2) is 0 Å². The summed E-state index contributed by atoms with van der Waals surface area (Å²) in [5.41, 5.74) is 0.0992. The second kappa shape index (κ2) is 4.35. The first-order chi connectivity index (χ1) is 6.80. The molecule has 0 aliphatic rings. The van der Waals surface area contributed by atoms with Crippen LogP contribution in [0.15, 0.2) is 12.1 Å². The van der Waals surface area contributed by atoms with Gasteiger partial charge in [0.15, 0.2) is 0 Å². The molecule has 0 saturated heterocycles. The molecule has 0 aliphatic carbocycles. The molecule has 2 nitrogen and oxygen atoms in total. The Labute approximate surface area is 95.7 Å². The zero-order valence-electron chi connectivity index (χ0n) is 10.0. The largest absolute Gasteiger partial charge is 0.348 e. The monoisotopic (exact) mass is 225 g/mol. The van der Waals surface area contributed by atoms with Crippen molar-refractivity contribution in [2.24, 2.45) is 5.41 Å². The number of carbonyl (C=O) groups excluding carboxylic acids is 1. The molecule has 0 bridgehead atoms. The summed E-state index contributed by atoms with van der Waals surface area (Å²) in [5.74, 6) is 0.0375. The molecule has 1 atom stereocenters. The molecule has 1 amide bonds. The summed E-state index contributed by atoms with van der Waals surface area (Å²) in [6.45, 7) is 10.4. The molecular weight excluding hydrogens is 206 g/mol. The molecule has 0 aromatic carbocycles. The number of aryl methyl sites for hydroxylation is 1. The number of nitrogens with one attached hydrogen (secondary N) is 1. The highest BCUT2D eigenvalue weighted by Gasteiger charge is 2.22. The molecule has 15 heavy (non-hydrogen) atoms. The number of carbonyl (C=O) groups is 1. The van der Waals surface area contributed by atoms with Crippen molar-refractivity contribution in [1.29, 1.82) is 0 Å². The van der Waals surface area contributed by atoms with Gasteiger partial charge in [0.05, 0.1) is 4.88 Å². The van der Waals surface area contributed by atoms with Gasteiger partial charge in [-0.15, -0.1) is 11.3 Å². The standard InChI is InChI=1S/C12H19NOS/c1-8-6-7-10(15-8)11(14)13-9(2)12(3,4)5/h6-7,9H,1-5H3,(H,13,14)/t9-/m0/s1. The maximum Gasteiger partial charge on any atom is 0.261 e. The van der Waals surface area contributed by atoms with Crippen LogP contribution in [0.4, 0.5) is 0 Å². The molecule has 1 aromatic rings. The molecule has 0 fully saturated rings. The van der Waals surface area contributed by atoms with E-state index >= 15 is 0 Å². The summed E-state index contributed by atoms with van der Waals surface area (Å²) >= 11 is 1.54. The molecule has 1 rings (SSSR count). The van der Waals surface area contributed by atoms with Crippen LogP contribution in [0.5, 0.6) is 0 Å². The fourth-order valence-corrected chi connectivity index (χ4v) is 1.81. The second-order valence-corrected chi connectivity index (χ2v) is 6.26. The molecule has 3 heteroatoms. The lowest BCUT2D eigenvalue weighted by atomic mass is 9.88. The molecule has 0 aliphatic heterocycles. The second-order valence-electron chi connectivity index (χ2n) is 4.97. The number of hydrogen-bond donors (Lipinski definition) is 1. The zero-order chi connectivity index (χ0) is 11.6. The van der Waals surface area contributed by atoms with E-state index in [0.29, 0.717) is 0 Å². The Morgan fingerprint density at radius 2 is 2.00 bits per heavy atom. The third-order valence-corrected chi connectivity index (χ3v) is 3.61. The van der Waals surface area contributed by atoms with Gasteiger partial charge in [-0.3, -0.25) is 4.79 Å². The van der Waals surface area contributed by atoms with Crippen LogP contribution in [0, 0.1) is 12.3 Å². The lowest BCUT2D eigenvalue weighted by Gasteiger charge is -2.27. The number of rotatable bonds is 2. The van der Waals surface area contributed by atoms with E-state index in [4.69, 9.17) is 0 Å². The highest BCUT2D eigenvalue weighted by Crippen LogP contribution is 2.20. The molecular formula is C12H19NOS. The van der Waals surface area contributed by atoms with E-state index in [-0.39, 0.29) is 17.4 Å². The van der Waals surface area contributed by atoms with Gasteiger partial charge in [0, 0.05) is 10.9 Å². The average molecular weight is 225 g/mol. The minimum Gasteiger partial charge on any atom is -0.348 e. The van der Waals surface area contributed by atoms with Gasteiger partial charge in [0.1, 0.15) is 0 Å². The lowest BCUT2D eigenvalue weighted by molar-refractivity contribution is 0.0914. The Hall–Kier alpha value is -0.830. The first kappa shape index (κ1) is 12.2. The van der Waals surface area contributed by atoms with Crippen molar-refractivity contribution in [3.8, 4) is 0 Å². The van der Waals surface area contributed by atoms with E-state index in [1.54, 1.807) is 0 Å². The van der Waals surface area contributed by atoms with Gasteiger partial charge in [-0.05, 0) is 31.4 Å². The first-order valence-corrected chi connectivity index (χ1v) is 5.99. The fourth-order valence-electron chi connectivity index (χ4n) is 1.04. The average Bonchev–Trinajstić information content (AvgIpc) is 2.50. The van der Waals surface area contributed by atoms with Gasteiger partial charge in [-0.1, -0.05) is 20.8 Å². The van der Waals surface area contributed by atoms with Gasteiger partial charge >= 0.3 is 0 Å². The third kappa shape index (κ3) is 3.34. The number of amides is 1. The summed E-state index contributed by atoms with van der Waals surface area (Å²) in [6, 6.07) is 4.03. The topological polar surface area (TPSA) is 29.1 Å². The summed E-state index contributed by atoms with van der Waals surface area (Å²) in [6.07, 6.45) is 0. The number of thiophene rings is 1. The van der Waals surface area contributed by atoms with Gasteiger partial charge in [0.2, 0.25) is 0 Å². The van der Waals surface area contributed by atoms with Crippen LogP contribution in [0.1, 0.15) is 42.2 Å². The van der Waals surface area contributed by atoms with E-state index < -0.39 is 0 Å². The Bertz CT molecular complexity index is 349. The third-order valence-electron chi connectivity index (χ3n) is 2.61. The van der Waals surface area contributed by atoms with Crippen molar-refractivity contribution >= 4 is 17.2 Å². The Balaban J connectivity index is 2.64. The maximum atomic E-state index is 11.8. The van der Waals surface area contributed by atoms with Crippen LogP contribution < -0.4 is 5.32 Å². The van der Waals surface area contributed by atoms with Crippen molar-refractivity contribution in [3.05, 3.63) is 21.9 Å². The molecule has 1 aromatic heterocycles. The fraction of sp³-hybridized carbons (Fsp3) is 0.583. The Kier molecular flexibility index (Phi) is 3.55. The van der Waals surface area contributed by atoms with Crippen LogP contribution in [-0.4, -0.2) is 11.9 Å². The lowest BCUT2D eigenvalue weighted by Crippen LogP contribution is -2.41. The SMILES string of the molecule is Cc1ccc(C(=O)N[C@@H](C)C(C)(C)C)s1. The van der Waals surface area contributed by atoms with E-state index in [0.717, 1.165) is 4.88 Å². The summed E-state index contributed by atoms with van der Waals surface area (Å²) in [7, 11) is 0.